The largest absolute Gasteiger partial charge is 0.308 e. The number of hydrogen-bond donors (Lipinski definition) is 0. The third kappa shape index (κ3) is 4.58. The highest BCUT2D eigenvalue weighted by atomic mass is 15.2. The zero-order valence-corrected chi connectivity index (χ0v) is 35.4. The van der Waals surface area contributed by atoms with E-state index in [0.717, 1.165) is 11.4 Å². The van der Waals surface area contributed by atoms with Crippen molar-refractivity contribution < 1.29 is 0 Å². The Morgan fingerprint density at radius 3 is 1.48 bits per heavy atom. The van der Waals surface area contributed by atoms with Gasteiger partial charge in [-0.05, 0) is 105 Å². The van der Waals surface area contributed by atoms with Crippen LogP contribution in [-0.2, 0) is 10.8 Å². The van der Waals surface area contributed by atoms with Gasteiger partial charge in [-0.3, -0.25) is 0 Å². The highest BCUT2D eigenvalue weighted by Gasteiger charge is 2.30. The zero-order valence-electron chi connectivity index (χ0n) is 35.4. The van der Waals surface area contributed by atoms with Crippen LogP contribution in [0.2, 0.25) is 0 Å². The van der Waals surface area contributed by atoms with Crippen LogP contribution in [0.15, 0.2) is 164 Å². The summed E-state index contributed by atoms with van der Waals surface area (Å²) in [5.41, 5.74) is 13.6. The van der Waals surface area contributed by atoms with Crippen LogP contribution in [0.25, 0.3) is 97.7 Å². The predicted molar refractivity (Wildman–Crippen MR) is 263 cm³/mol. The number of fused-ring (bicyclic) bond motifs is 17. The quantitative estimate of drug-likeness (QED) is 0.174. The van der Waals surface area contributed by atoms with Crippen LogP contribution in [0.1, 0.15) is 52.7 Å². The van der Waals surface area contributed by atoms with Gasteiger partial charge in [-0.15, -0.1) is 0 Å². The highest BCUT2D eigenvalue weighted by Crippen LogP contribution is 2.52. The summed E-state index contributed by atoms with van der Waals surface area (Å²) in [6.07, 6.45) is 0. The van der Waals surface area contributed by atoms with E-state index in [0.29, 0.717) is 0 Å². The number of benzene rings is 9. The summed E-state index contributed by atoms with van der Waals surface area (Å²) in [5, 5.41) is 15.7. The van der Waals surface area contributed by atoms with Crippen LogP contribution >= 0.6 is 0 Å². The molecule has 0 atom stereocenters. The molecule has 61 heavy (non-hydrogen) atoms. The Bertz CT molecular complexity index is 3890. The van der Waals surface area contributed by atoms with Crippen molar-refractivity contribution in [3.8, 4) is 0 Å². The molecular weight excluding hydrogens is 739 g/mol. The second-order valence-corrected chi connectivity index (χ2v) is 19.4. The van der Waals surface area contributed by atoms with Gasteiger partial charge in [0.25, 0.3) is 0 Å². The smallest absolute Gasteiger partial charge is 0.0783 e. The molecular formula is C58H45N3. The lowest BCUT2D eigenvalue weighted by Crippen LogP contribution is -2.15. The molecule has 13 aromatic rings. The molecule has 0 saturated heterocycles. The molecule has 0 amide bonds. The zero-order chi connectivity index (χ0) is 41.1. The van der Waals surface area contributed by atoms with Crippen molar-refractivity contribution in [2.75, 3.05) is 4.90 Å². The molecule has 0 bridgehead atoms. The van der Waals surface area contributed by atoms with Crippen molar-refractivity contribution in [1.29, 1.82) is 0 Å². The molecule has 0 unspecified atom stereocenters. The minimum atomic E-state index is -0.0868. The minimum absolute atomic E-state index is 0.0354. The number of para-hydroxylation sites is 2. The van der Waals surface area contributed by atoms with Crippen LogP contribution in [0.5, 0.6) is 0 Å². The van der Waals surface area contributed by atoms with Crippen LogP contribution < -0.4 is 4.90 Å². The van der Waals surface area contributed by atoms with E-state index in [-0.39, 0.29) is 10.8 Å². The molecule has 13 rings (SSSR count). The maximum absolute atomic E-state index is 2.63. The van der Waals surface area contributed by atoms with Crippen LogP contribution in [0, 0.1) is 0 Å². The summed E-state index contributed by atoms with van der Waals surface area (Å²) in [6, 6.07) is 61.7. The first kappa shape index (κ1) is 34.7. The van der Waals surface area contributed by atoms with Gasteiger partial charge >= 0.3 is 0 Å². The van der Waals surface area contributed by atoms with Crippen molar-refractivity contribution in [2.24, 2.45) is 0 Å². The highest BCUT2D eigenvalue weighted by molar-refractivity contribution is 6.39. The Morgan fingerprint density at radius 2 is 0.836 bits per heavy atom. The Balaban J connectivity index is 1.30. The molecule has 0 aliphatic heterocycles. The van der Waals surface area contributed by atoms with E-state index in [9.17, 15) is 0 Å². The number of aromatic nitrogens is 2. The number of rotatable bonds is 3. The first-order valence-electron chi connectivity index (χ1n) is 21.7. The van der Waals surface area contributed by atoms with Crippen molar-refractivity contribution in [1.82, 2.24) is 8.80 Å². The minimum Gasteiger partial charge on any atom is -0.308 e. The van der Waals surface area contributed by atoms with Crippen LogP contribution in [-0.4, -0.2) is 8.80 Å². The third-order valence-corrected chi connectivity index (χ3v) is 13.8. The second kappa shape index (κ2) is 11.8. The molecule has 3 nitrogen and oxygen atoms in total. The lowest BCUT2D eigenvalue weighted by Gasteiger charge is -2.29. The first-order valence-corrected chi connectivity index (χ1v) is 21.7. The van der Waals surface area contributed by atoms with Crippen LogP contribution in [0.3, 0.4) is 0 Å². The average Bonchev–Trinajstić information content (AvgIpc) is 3.99. The van der Waals surface area contributed by atoms with Gasteiger partial charge in [0.1, 0.15) is 0 Å². The molecule has 0 spiro atoms. The molecule has 9 aromatic carbocycles. The lowest BCUT2D eigenvalue weighted by atomic mass is 9.85. The van der Waals surface area contributed by atoms with Gasteiger partial charge in [0, 0.05) is 59.9 Å². The molecule has 0 N–H and O–H groups in total. The van der Waals surface area contributed by atoms with Crippen molar-refractivity contribution in [2.45, 2.75) is 52.4 Å². The van der Waals surface area contributed by atoms with E-state index in [1.54, 1.807) is 0 Å². The molecule has 3 heteroatoms. The Morgan fingerprint density at radius 1 is 0.344 bits per heavy atom. The SMILES string of the molecule is CC(C)(C)c1cc(N(c2ccccc2)c2ccccc2)c2c(c1)c1c3ccccc3cc3c4c5c6cc(C(C)(C)C)cc7c8ccc9ccccc9c8n(c5ccc4n2c31)c76. The van der Waals surface area contributed by atoms with Crippen molar-refractivity contribution >= 4 is 115 Å². The summed E-state index contributed by atoms with van der Waals surface area (Å²) >= 11 is 0. The van der Waals surface area contributed by atoms with Gasteiger partial charge in [0.2, 0.25) is 0 Å². The van der Waals surface area contributed by atoms with Crippen LogP contribution in [0.4, 0.5) is 17.1 Å². The van der Waals surface area contributed by atoms with E-state index < -0.39 is 0 Å². The average molecular weight is 784 g/mol. The Hall–Kier alpha value is -7.10. The van der Waals surface area contributed by atoms with E-state index >= 15 is 0 Å². The normalized spacial score (nSPS) is 13.1. The summed E-state index contributed by atoms with van der Waals surface area (Å²) < 4.78 is 5.23. The molecule has 4 aromatic heterocycles. The lowest BCUT2D eigenvalue weighted by molar-refractivity contribution is 0.591. The van der Waals surface area contributed by atoms with Gasteiger partial charge < -0.3 is 13.7 Å². The van der Waals surface area contributed by atoms with E-state index in [4.69, 9.17) is 0 Å². The van der Waals surface area contributed by atoms with E-state index in [1.807, 2.05) is 0 Å². The Labute approximate surface area is 354 Å². The third-order valence-electron chi connectivity index (χ3n) is 13.8. The number of nitrogens with zero attached hydrogens (tertiary/aromatic N) is 3. The fourth-order valence-electron chi connectivity index (χ4n) is 10.9. The van der Waals surface area contributed by atoms with Gasteiger partial charge in [0.05, 0.1) is 38.8 Å². The molecule has 4 heterocycles. The fourth-order valence-corrected chi connectivity index (χ4v) is 10.9. The first-order chi connectivity index (χ1) is 29.6. The van der Waals surface area contributed by atoms with Gasteiger partial charge in [-0.25, -0.2) is 0 Å². The number of anilines is 3. The molecule has 0 radical (unpaired) electrons. The standard InChI is InChI=1S/C58H45N3/c1-57(2,3)36-30-43-42-26-25-34-17-13-16-24-41(34)53(42)60-47-27-28-48-51(52(47)46(31-36)54(43)60)44-29-35-18-14-15-23-40(35)50-45-32-37(58(4,5)6)33-49(55(45)61(48)56(44)50)59(38-19-9-7-10-20-38)39-21-11-8-12-22-39/h7-33H,1-6H3. The predicted octanol–water partition coefficient (Wildman–Crippen LogP) is 16.4. The summed E-state index contributed by atoms with van der Waals surface area (Å²) in [5.74, 6) is 0. The van der Waals surface area contributed by atoms with Gasteiger partial charge in [-0.2, -0.15) is 0 Å². The Kier molecular flexibility index (Phi) is 6.72. The molecule has 0 fully saturated rings. The second-order valence-electron chi connectivity index (χ2n) is 19.4. The summed E-state index contributed by atoms with van der Waals surface area (Å²) in [4.78, 5) is 2.48. The molecule has 0 aliphatic rings. The van der Waals surface area contributed by atoms with Crippen molar-refractivity contribution in [3.05, 3.63) is 175 Å². The van der Waals surface area contributed by atoms with Gasteiger partial charge in [-0.1, -0.05) is 139 Å². The van der Waals surface area contributed by atoms with Crippen molar-refractivity contribution in [3.63, 3.8) is 0 Å². The maximum Gasteiger partial charge on any atom is 0.0783 e. The molecule has 292 valence electrons. The fraction of sp³-hybridized carbons (Fsp3) is 0.138. The topological polar surface area (TPSA) is 12.1 Å². The summed E-state index contributed by atoms with van der Waals surface area (Å²) in [6.45, 7) is 14.1. The molecule has 0 saturated carbocycles. The summed E-state index contributed by atoms with van der Waals surface area (Å²) in [7, 11) is 0. The number of hydrogen-bond acceptors (Lipinski definition) is 1. The maximum atomic E-state index is 2.63. The molecule has 0 aliphatic carbocycles. The monoisotopic (exact) mass is 783 g/mol. The van der Waals surface area contributed by atoms with E-state index in [2.05, 4.69) is 219 Å². The van der Waals surface area contributed by atoms with E-state index in [1.165, 1.54) is 115 Å². The van der Waals surface area contributed by atoms with Gasteiger partial charge in [0.15, 0.2) is 0 Å².